The zero-order valence-electron chi connectivity index (χ0n) is 13.6. The number of benzene rings is 2. The van der Waals surface area contributed by atoms with Crippen molar-refractivity contribution in [1.29, 1.82) is 0 Å². The number of rotatable bonds is 5. The van der Waals surface area contributed by atoms with Crippen molar-refractivity contribution in [2.45, 2.75) is 6.61 Å². The van der Waals surface area contributed by atoms with E-state index in [1.165, 1.54) is 0 Å². The van der Waals surface area contributed by atoms with E-state index in [4.69, 9.17) is 4.74 Å². The SMILES string of the molecule is c1ccc(COc2ccc(-c3[nH]ncc3-c3ccncc3)cc2)cc1. The van der Waals surface area contributed by atoms with Crippen LogP contribution in [-0.4, -0.2) is 15.2 Å². The van der Waals surface area contributed by atoms with Crippen molar-refractivity contribution in [3.05, 3.63) is 90.9 Å². The summed E-state index contributed by atoms with van der Waals surface area (Å²) in [5, 5.41) is 7.28. The summed E-state index contributed by atoms with van der Waals surface area (Å²) >= 11 is 0. The molecule has 0 saturated heterocycles. The molecular weight excluding hydrogens is 310 g/mol. The molecule has 4 heteroatoms. The van der Waals surface area contributed by atoms with Crippen molar-refractivity contribution in [3.8, 4) is 28.1 Å². The molecule has 0 bridgehead atoms. The van der Waals surface area contributed by atoms with Crippen molar-refractivity contribution in [3.63, 3.8) is 0 Å². The highest BCUT2D eigenvalue weighted by atomic mass is 16.5. The molecular formula is C21H17N3O. The first kappa shape index (κ1) is 15.1. The molecule has 4 rings (SSSR count). The zero-order chi connectivity index (χ0) is 16.9. The average molecular weight is 327 g/mol. The Morgan fingerprint density at radius 2 is 1.56 bits per heavy atom. The molecule has 0 aliphatic heterocycles. The molecule has 0 aliphatic carbocycles. The predicted molar refractivity (Wildman–Crippen MR) is 98.0 cm³/mol. The molecule has 4 nitrogen and oxygen atoms in total. The number of hydrogen-bond acceptors (Lipinski definition) is 3. The number of aromatic nitrogens is 3. The summed E-state index contributed by atoms with van der Waals surface area (Å²) in [6, 6.07) is 22.1. The number of pyridine rings is 1. The van der Waals surface area contributed by atoms with Gasteiger partial charge in [-0.3, -0.25) is 10.1 Å². The van der Waals surface area contributed by atoms with Gasteiger partial charge in [0.15, 0.2) is 0 Å². The molecule has 0 aliphatic rings. The van der Waals surface area contributed by atoms with Gasteiger partial charge in [0, 0.05) is 23.5 Å². The molecule has 2 aromatic heterocycles. The fourth-order valence-corrected chi connectivity index (χ4v) is 2.72. The summed E-state index contributed by atoms with van der Waals surface area (Å²) in [5.41, 5.74) is 5.35. The minimum absolute atomic E-state index is 0.562. The Morgan fingerprint density at radius 3 is 2.32 bits per heavy atom. The van der Waals surface area contributed by atoms with Crippen LogP contribution in [0.25, 0.3) is 22.4 Å². The van der Waals surface area contributed by atoms with Crippen molar-refractivity contribution < 1.29 is 4.74 Å². The number of nitrogens with zero attached hydrogens (tertiary/aromatic N) is 2. The summed E-state index contributed by atoms with van der Waals surface area (Å²) in [5.74, 6) is 0.845. The molecule has 2 aromatic carbocycles. The van der Waals surface area contributed by atoms with Gasteiger partial charge in [0.25, 0.3) is 0 Å². The highest BCUT2D eigenvalue weighted by molar-refractivity contribution is 5.80. The molecule has 2 heterocycles. The molecule has 0 fully saturated rings. The Balaban J connectivity index is 1.52. The van der Waals surface area contributed by atoms with E-state index in [1.54, 1.807) is 12.4 Å². The number of aromatic amines is 1. The molecule has 0 saturated carbocycles. The van der Waals surface area contributed by atoms with Crippen LogP contribution in [0.15, 0.2) is 85.3 Å². The number of hydrogen-bond donors (Lipinski definition) is 1. The summed E-state index contributed by atoms with van der Waals surface area (Å²) in [6.45, 7) is 0.562. The molecule has 122 valence electrons. The van der Waals surface area contributed by atoms with E-state index in [0.717, 1.165) is 33.7 Å². The quantitative estimate of drug-likeness (QED) is 0.577. The van der Waals surface area contributed by atoms with Gasteiger partial charge in [-0.1, -0.05) is 30.3 Å². The lowest BCUT2D eigenvalue weighted by Gasteiger charge is -2.08. The molecule has 0 unspecified atom stereocenters. The van der Waals surface area contributed by atoms with Crippen LogP contribution in [0.4, 0.5) is 0 Å². The van der Waals surface area contributed by atoms with E-state index in [-0.39, 0.29) is 0 Å². The maximum absolute atomic E-state index is 5.85. The van der Waals surface area contributed by atoms with Crippen LogP contribution in [0, 0.1) is 0 Å². The van der Waals surface area contributed by atoms with Crippen LogP contribution in [-0.2, 0) is 6.61 Å². The van der Waals surface area contributed by atoms with Crippen molar-refractivity contribution in [2.75, 3.05) is 0 Å². The monoisotopic (exact) mass is 327 g/mol. The third-order valence-electron chi connectivity index (χ3n) is 4.02. The van der Waals surface area contributed by atoms with E-state index >= 15 is 0 Å². The largest absolute Gasteiger partial charge is 0.489 e. The second-order valence-corrected chi connectivity index (χ2v) is 5.69. The Morgan fingerprint density at radius 1 is 0.800 bits per heavy atom. The van der Waals surface area contributed by atoms with E-state index in [9.17, 15) is 0 Å². The molecule has 25 heavy (non-hydrogen) atoms. The van der Waals surface area contributed by atoms with Gasteiger partial charge >= 0.3 is 0 Å². The third-order valence-corrected chi connectivity index (χ3v) is 4.02. The number of ether oxygens (including phenoxy) is 1. The first-order chi connectivity index (χ1) is 12.4. The van der Waals surface area contributed by atoms with Crippen LogP contribution in [0.5, 0.6) is 5.75 Å². The lowest BCUT2D eigenvalue weighted by atomic mass is 10.0. The zero-order valence-corrected chi connectivity index (χ0v) is 13.6. The normalized spacial score (nSPS) is 10.6. The van der Waals surface area contributed by atoms with E-state index in [2.05, 4.69) is 27.3 Å². The molecule has 0 atom stereocenters. The Bertz CT molecular complexity index is 932. The fraction of sp³-hybridized carbons (Fsp3) is 0.0476. The second kappa shape index (κ2) is 7.01. The Hall–Kier alpha value is -3.40. The highest BCUT2D eigenvalue weighted by Crippen LogP contribution is 2.30. The van der Waals surface area contributed by atoms with E-state index in [1.807, 2.05) is 60.8 Å². The lowest BCUT2D eigenvalue weighted by molar-refractivity contribution is 0.306. The predicted octanol–water partition coefficient (Wildman–Crippen LogP) is 4.72. The van der Waals surface area contributed by atoms with Crippen molar-refractivity contribution in [2.24, 2.45) is 0 Å². The minimum atomic E-state index is 0.562. The summed E-state index contributed by atoms with van der Waals surface area (Å²) in [7, 11) is 0. The molecule has 0 amide bonds. The smallest absolute Gasteiger partial charge is 0.119 e. The van der Waals surface area contributed by atoms with Gasteiger partial charge < -0.3 is 4.74 Å². The van der Waals surface area contributed by atoms with Gasteiger partial charge in [-0.15, -0.1) is 0 Å². The lowest BCUT2D eigenvalue weighted by Crippen LogP contribution is -1.94. The van der Waals surface area contributed by atoms with Crippen LogP contribution < -0.4 is 4.74 Å². The first-order valence-electron chi connectivity index (χ1n) is 8.11. The van der Waals surface area contributed by atoms with Gasteiger partial charge in [0.05, 0.1) is 11.9 Å². The molecule has 4 aromatic rings. The Labute approximate surface area is 146 Å². The molecule has 0 radical (unpaired) electrons. The number of H-pyrrole nitrogens is 1. The average Bonchev–Trinajstić information content (AvgIpc) is 3.18. The van der Waals surface area contributed by atoms with Gasteiger partial charge in [-0.2, -0.15) is 5.10 Å². The first-order valence-corrected chi connectivity index (χ1v) is 8.11. The maximum Gasteiger partial charge on any atom is 0.119 e. The molecule has 0 spiro atoms. The van der Waals surface area contributed by atoms with Crippen molar-refractivity contribution in [1.82, 2.24) is 15.2 Å². The van der Waals surface area contributed by atoms with Crippen LogP contribution in [0.2, 0.25) is 0 Å². The summed E-state index contributed by atoms with van der Waals surface area (Å²) in [6.07, 6.45) is 5.41. The number of nitrogens with one attached hydrogen (secondary N) is 1. The fourth-order valence-electron chi connectivity index (χ4n) is 2.72. The van der Waals surface area contributed by atoms with Crippen LogP contribution in [0.1, 0.15) is 5.56 Å². The van der Waals surface area contributed by atoms with Crippen LogP contribution >= 0.6 is 0 Å². The second-order valence-electron chi connectivity index (χ2n) is 5.69. The van der Waals surface area contributed by atoms with Gasteiger partial charge in [0.1, 0.15) is 12.4 Å². The van der Waals surface area contributed by atoms with Gasteiger partial charge in [-0.25, -0.2) is 0 Å². The van der Waals surface area contributed by atoms with Crippen molar-refractivity contribution >= 4 is 0 Å². The van der Waals surface area contributed by atoms with Gasteiger partial charge in [-0.05, 0) is 47.5 Å². The van der Waals surface area contributed by atoms with E-state index in [0.29, 0.717) is 6.61 Å². The standard InChI is InChI=1S/C21H17N3O/c1-2-4-16(5-3-1)15-25-19-8-6-18(7-9-19)21-20(14-23-24-21)17-10-12-22-13-11-17/h1-14H,15H2,(H,23,24). The topological polar surface area (TPSA) is 50.8 Å². The van der Waals surface area contributed by atoms with E-state index < -0.39 is 0 Å². The third kappa shape index (κ3) is 3.43. The van der Waals surface area contributed by atoms with Crippen LogP contribution in [0.3, 0.4) is 0 Å². The minimum Gasteiger partial charge on any atom is -0.489 e. The summed E-state index contributed by atoms with van der Waals surface area (Å²) < 4.78 is 5.85. The maximum atomic E-state index is 5.85. The Kier molecular flexibility index (Phi) is 4.25. The summed E-state index contributed by atoms with van der Waals surface area (Å²) in [4.78, 5) is 4.07. The highest BCUT2D eigenvalue weighted by Gasteiger charge is 2.09. The molecule has 1 N–H and O–H groups in total. The van der Waals surface area contributed by atoms with Gasteiger partial charge in [0.2, 0.25) is 0 Å².